The van der Waals surface area contributed by atoms with Gasteiger partial charge >= 0.3 is 0 Å². The molecule has 0 saturated carbocycles. The average Bonchev–Trinajstić information content (AvgIpc) is 3.05. The van der Waals surface area contributed by atoms with Crippen LogP contribution in [0.3, 0.4) is 0 Å². The summed E-state index contributed by atoms with van der Waals surface area (Å²) in [7, 11) is 3.30. The summed E-state index contributed by atoms with van der Waals surface area (Å²) in [6.45, 7) is 5.95. The highest BCUT2D eigenvalue weighted by Gasteiger charge is 2.52. The molecule has 1 aromatic heterocycles. The van der Waals surface area contributed by atoms with Crippen LogP contribution >= 0.6 is 0 Å². The lowest BCUT2D eigenvalue weighted by Crippen LogP contribution is -2.59. The van der Waals surface area contributed by atoms with Crippen LogP contribution in [0, 0.1) is 11.2 Å². The van der Waals surface area contributed by atoms with E-state index in [1.807, 2.05) is 12.1 Å². The van der Waals surface area contributed by atoms with Crippen molar-refractivity contribution in [3.63, 3.8) is 0 Å². The minimum Gasteiger partial charge on any atom is -0.493 e. The highest BCUT2D eigenvalue weighted by atomic mass is 19.1. The van der Waals surface area contributed by atoms with Crippen LogP contribution in [0.15, 0.2) is 72.9 Å². The summed E-state index contributed by atoms with van der Waals surface area (Å²) in [5.74, 6) is 0.808. The minimum absolute atomic E-state index is 0.0647. The number of halogens is 1. The minimum atomic E-state index is -1.40. The number of carbonyl (C=O) groups excluding carboxylic acids is 2. The topological polar surface area (TPSA) is 120 Å². The maximum atomic E-state index is 13.2. The summed E-state index contributed by atoms with van der Waals surface area (Å²) in [5.41, 5.74) is 0.146. The quantitative estimate of drug-likeness (QED) is 0.120. The monoisotopic (exact) mass is 646 g/mol. The Kier molecular flexibility index (Phi) is 11.2. The molecule has 0 spiro atoms. The van der Waals surface area contributed by atoms with Gasteiger partial charge in [0.05, 0.1) is 39.1 Å². The molecule has 1 aliphatic rings. The Balaban J connectivity index is 1.21. The van der Waals surface area contributed by atoms with E-state index in [9.17, 15) is 14.0 Å². The van der Waals surface area contributed by atoms with Crippen molar-refractivity contribution < 1.29 is 37.7 Å². The molecule has 5 rings (SSSR count). The van der Waals surface area contributed by atoms with E-state index < -0.39 is 23.0 Å². The van der Waals surface area contributed by atoms with Gasteiger partial charge in [-0.3, -0.25) is 14.6 Å². The Morgan fingerprint density at radius 1 is 0.894 bits per heavy atom. The number of likely N-dealkylation sites (N-methyl/N-ethyl adjacent to an activating group) is 1. The van der Waals surface area contributed by atoms with E-state index >= 15 is 0 Å². The number of aromatic nitrogens is 1. The number of amides is 2. The molecule has 0 aliphatic carbocycles. The van der Waals surface area contributed by atoms with Crippen LogP contribution in [0.2, 0.25) is 0 Å². The second kappa shape index (κ2) is 15.7. The molecule has 47 heavy (non-hydrogen) atoms. The van der Waals surface area contributed by atoms with E-state index in [0.29, 0.717) is 53.1 Å². The molecule has 0 atom stereocenters. The van der Waals surface area contributed by atoms with Crippen molar-refractivity contribution in [1.29, 1.82) is 0 Å². The molecular weight excluding hydrogens is 607 g/mol. The highest BCUT2D eigenvalue weighted by molar-refractivity contribution is 6.15. The number of nitrogens with one attached hydrogen (secondary N) is 2. The number of fused-ring (bicyclic) bond motifs is 1. The third-order valence-electron chi connectivity index (χ3n) is 7.93. The molecule has 2 N–H and O–H groups in total. The van der Waals surface area contributed by atoms with Crippen molar-refractivity contribution in [2.45, 2.75) is 13.3 Å². The highest BCUT2D eigenvalue weighted by Crippen LogP contribution is 2.37. The molecule has 12 heteroatoms. The van der Waals surface area contributed by atoms with Crippen LogP contribution in [0.25, 0.3) is 10.9 Å². The van der Waals surface area contributed by atoms with Gasteiger partial charge in [0.25, 0.3) is 0 Å². The molecule has 4 aromatic rings. The largest absolute Gasteiger partial charge is 0.493 e. The molecule has 1 aliphatic heterocycles. The standard InChI is InChI=1S/C35H39FN4O7/c1-4-40(17-19-43-2)16-5-18-46-32-21-29-28(20-31(32)44-3)30(14-15-37-29)47-27-12-10-26(11-13-27)39-34(42)35(22-45-23-35)33(41)38-25-8-6-24(36)7-9-25/h6-15,20-21H,4-5,16-19,22-23H2,1-3H3,(H,38,41)(H,39,42). The van der Waals surface area contributed by atoms with Crippen molar-refractivity contribution >= 4 is 34.1 Å². The first-order valence-corrected chi connectivity index (χ1v) is 15.4. The second-order valence-electron chi connectivity index (χ2n) is 11.1. The molecule has 2 heterocycles. The fourth-order valence-electron chi connectivity index (χ4n) is 5.05. The van der Waals surface area contributed by atoms with Gasteiger partial charge in [-0.05, 0) is 73.6 Å². The number of anilines is 2. The molecule has 1 saturated heterocycles. The fourth-order valence-corrected chi connectivity index (χ4v) is 5.05. The summed E-state index contributed by atoms with van der Waals surface area (Å²) >= 11 is 0. The van der Waals surface area contributed by atoms with Crippen LogP contribution in [0.1, 0.15) is 13.3 Å². The van der Waals surface area contributed by atoms with Gasteiger partial charge in [-0.15, -0.1) is 0 Å². The van der Waals surface area contributed by atoms with Gasteiger partial charge in [0.2, 0.25) is 11.8 Å². The normalized spacial score (nSPS) is 13.6. The summed E-state index contributed by atoms with van der Waals surface area (Å²) in [4.78, 5) is 33.0. The average molecular weight is 647 g/mol. The van der Waals surface area contributed by atoms with Gasteiger partial charge in [0.1, 0.15) is 17.3 Å². The summed E-state index contributed by atoms with van der Waals surface area (Å²) < 4.78 is 41.6. The first-order chi connectivity index (χ1) is 22.8. The van der Waals surface area contributed by atoms with Gasteiger partial charge in [-0.1, -0.05) is 6.92 Å². The van der Waals surface area contributed by atoms with Gasteiger partial charge in [-0.2, -0.15) is 0 Å². The van der Waals surface area contributed by atoms with E-state index in [1.54, 1.807) is 50.7 Å². The SMILES string of the molecule is CCN(CCCOc1cc2nccc(Oc3ccc(NC(=O)C4(C(=O)Nc5ccc(F)cc5)COC4)cc3)c2cc1OC)CCOC. The van der Waals surface area contributed by atoms with Crippen molar-refractivity contribution in [2.24, 2.45) is 5.41 Å². The Morgan fingerprint density at radius 3 is 2.17 bits per heavy atom. The summed E-state index contributed by atoms with van der Waals surface area (Å²) in [6.07, 6.45) is 2.51. The second-order valence-corrected chi connectivity index (χ2v) is 11.1. The number of benzene rings is 3. The van der Waals surface area contributed by atoms with Gasteiger partial charge in [-0.25, -0.2) is 4.39 Å². The summed E-state index contributed by atoms with van der Waals surface area (Å²) in [6, 6.07) is 17.6. The molecular formula is C35H39FN4O7. The number of pyridine rings is 1. The molecule has 248 valence electrons. The first kappa shape index (κ1) is 33.6. The molecule has 0 unspecified atom stereocenters. The van der Waals surface area contributed by atoms with Gasteiger partial charge in [0.15, 0.2) is 16.9 Å². The molecule has 0 radical (unpaired) electrons. The number of hydrogen-bond donors (Lipinski definition) is 2. The van der Waals surface area contributed by atoms with Gasteiger partial charge < -0.3 is 39.2 Å². The number of methoxy groups -OCH3 is 2. The lowest BCUT2D eigenvalue weighted by atomic mass is 9.83. The third kappa shape index (κ3) is 8.15. The zero-order valence-corrected chi connectivity index (χ0v) is 26.7. The molecule has 0 bridgehead atoms. The number of carbonyl (C=O) groups is 2. The van der Waals surface area contributed by atoms with Crippen LogP contribution in [-0.2, 0) is 19.1 Å². The number of ether oxygens (including phenoxy) is 5. The Bertz CT molecular complexity index is 1660. The maximum absolute atomic E-state index is 13.2. The van der Waals surface area contributed by atoms with Crippen LogP contribution in [0.4, 0.5) is 15.8 Å². The predicted octanol–water partition coefficient (Wildman–Crippen LogP) is 5.51. The van der Waals surface area contributed by atoms with E-state index in [2.05, 4.69) is 27.4 Å². The van der Waals surface area contributed by atoms with Crippen molar-refractivity contribution in [3.05, 3.63) is 78.7 Å². The van der Waals surface area contributed by atoms with E-state index in [-0.39, 0.29) is 13.2 Å². The first-order valence-electron chi connectivity index (χ1n) is 15.4. The lowest BCUT2D eigenvalue weighted by molar-refractivity contribution is -0.166. The number of hydrogen-bond acceptors (Lipinski definition) is 9. The molecule has 2 amide bonds. The van der Waals surface area contributed by atoms with Crippen LogP contribution in [-0.4, -0.2) is 82.0 Å². The maximum Gasteiger partial charge on any atom is 0.244 e. The lowest BCUT2D eigenvalue weighted by Gasteiger charge is -2.38. The van der Waals surface area contributed by atoms with Crippen molar-refractivity contribution in [1.82, 2.24) is 9.88 Å². The Hall–Kier alpha value is -4.78. The zero-order chi connectivity index (χ0) is 33.2. The fraction of sp³-hybridized carbons (Fsp3) is 0.343. The van der Waals surface area contributed by atoms with E-state index in [0.717, 1.165) is 31.4 Å². The van der Waals surface area contributed by atoms with Crippen LogP contribution in [0.5, 0.6) is 23.0 Å². The molecule has 3 aromatic carbocycles. The third-order valence-corrected chi connectivity index (χ3v) is 7.93. The molecule has 11 nitrogen and oxygen atoms in total. The Morgan fingerprint density at radius 2 is 1.57 bits per heavy atom. The van der Waals surface area contributed by atoms with Crippen molar-refractivity contribution in [2.75, 3.05) is 70.9 Å². The van der Waals surface area contributed by atoms with E-state index in [4.69, 9.17) is 23.7 Å². The smallest absolute Gasteiger partial charge is 0.244 e. The Labute approximate surface area is 272 Å². The summed E-state index contributed by atoms with van der Waals surface area (Å²) in [5, 5.41) is 6.21. The van der Waals surface area contributed by atoms with E-state index in [1.165, 1.54) is 24.3 Å². The van der Waals surface area contributed by atoms with Gasteiger partial charge in [0, 0.05) is 49.2 Å². The number of nitrogens with zero attached hydrogens (tertiary/aromatic N) is 2. The van der Waals surface area contributed by atoms with Crippen LogP contribution < -0.4 is 24.8 Å². The number of rotatable bonds is 16. The predicted molar refractivity (Wildman–Crippen MR) is 176 cm³/mol. The molecule has 1 fully saturated rings. The zero-order valence-electron chi connectivity index (χ0n) is 26.7. The van der Waals surface area contributed by atoms with Crippen molar-refractivity contribution in [3.8, 4) is 23.0 Å².